The van der Waals surface area contributed by atoms with Gasteiger partial charge in [-0.05, 0) is 25.7 Å². The van der Waals surface area contributed by atoms with Gasteiger partial charge in [0.2, 0.25) is 5.91 Å². The molecule has 0 saturated carbocycles. The Morgan fingerprint density at radius 3 is 2.50 bits per heavy atom. The fourth-order valence-electron chi connectivity index (χ4n) is 2.07. The van der Waals surface area contributed by atoms with Crippen LogP contribution in [0.25, 0.3) is 0 Å². The van der Waals surface area contributed by atoms with Crippen molar-refractivity contribution in [2.75, 3.05) is 12.3 Å². The Labute approximate surface area is 120 Å². The second-order valence-electron chi connectivity index (χ2n) is 6.46. The van der Waals surface area contributed by atoms with Crippen molar-refractivity contribution in [3.05, 3.63) is 11.4 Å². The number of aliphatic hydroxyl groups is 1. The minimum atomic E-state index is -0.538. The van der Waals surface area contributed by atoms with Crippen LogP contribution in [-0.2, 0) is 11.3 Å². The first-order valence-corrected chi connectivity index (χ1v) is 6.84. The molecule has 0 radical (unpaired) electrons. The maximum Gasteiger partial charge on any atom is 0.241 e. The average Bonchev–Trinajstić information content (AvgIpc) is 2.52. The molecule has 20 heavy (non-hydrogen) atoms. The van der Waals surface area contributed by atoms with Crippen LogP contribution in [0.4, 0.5) is 5.69 Å². The van der Waals surface area contributed by atoms with Gasteiger partial charge in [-0.15, -0.1) is 0 Å². The molecule has 1 atom stereocenters. The lowest BCUT2D eigenvalue weighted by molar-refractivity contribution is -0.122. The highest BCUT2D eigenvalue weighted by Gasteiger charge is 2.17. The summed E-state index contributed by atoms with van der Waals surface area (Å²) in [6, 6.07) is 0. The normalized spacial score (nSPS) is 13.3. The predicted molar refractivity (Wildman–Crippen MR) is 79.2 cm³/mol. The number of nitrogens with one attached hydrogen (secondary N) is 1. The smallest absolute Gasteiger partial charge is 0.241 e. The Hall–Kier alpha value is -1.56. The van der Waals surface area contributed by atoms with E-state index in [1.807, 2.05) is 13.8 Å². The second kappa shape index (κ2) is 6.26. The maximum absolute atomic E-state index is 11.8. The van der Waals surface area contributed by atoms with Crippen LogP contribution in [0.15, 0.2) is 0 Å². The number of carbonyl (C=O) groups is 1. The fourth-order valence-corrected chi connectivity index (χ4v) is 2.07. The van der Waals surface area contributed by atoms with Crippen molar-refractivity contribution < 1.29 is 9.90 Å². The molecule has 6 heteroatoms. The summed E-state index contributed by atoms with van der Waals surface area (Å²) in [5.41, 5.74) is 7.98. The van der Waals surface area contributed by atoms with Crippen molar-refractivity contribution in [1.29, 1.82) is 0 Å². The van der Waals surface area contributed by atoms with Gasteiger partial charge in [0.1, 0.15) is 6.54 Å². The molecular formula is C14H26N4O2. The van der Waals surface area contributed by atoms with Crippen LogP contribution in [-0.4, -0.2) is 33.4 Å². The quantitative estimate of drug-likeness (QED) is 0.751. The maximum atomic E-state index is 11.8. The van der Waals surface area contributed by atoms with E-state index in [0.29, 0.717) is 12.1 Å². The number of nitrogens with two attached hydrogens (primary N) is 1. The molecule has 1 amide bonds. The monoisotopic (exact) mass is 282 g/mol. The summed E-state index contributed by atoms with van der Waals surface area (Å²) in [5.74, 6) is -0.177. The van der Waals surface area contributed by atoms with Gasteiger partial charge in [-0.1, -0.05) is 20.8 Å². The van der Waals surface area contributed by atoms with Crippen molar-refractivity contribution >= 4 is 11.6 Å². The Morgan fingerprint density at radius 1 is 1.45 bits per heavy atom. The number of aromatic nitrogens is 2. The van der Waals surface area contributed by atoms with Gasteiger partial charge in [-0.3, -0.25) is 9.48 Å². The number of nitrogen functional groups attached to an aromatic ring is 1. The molecule has 1 aromatic heterocycles. The number of anilines is 1. The largest absolute Gasteiger partial charge is 0.396 e. The van der Waals surface area contributed by atoms with E-state index in [-0.39, 0.29) is 24.4 Å². The summed E-state index contributed by atoms with van der Waals surface area (Å²) < 4.78 is 1.58. The zero-order valence-corrected chi connectivity index (χ0v) is 13.0. The van der Waals surface area contributed by atoms with Crippen LogP contribution < -0.4 is 11.1 Å². The van der Waals surface area contributed by atoms with Crippen LogP contribution in [0.5, 0.6) is 0 Å². The van der Waals surface area contributed by atoms with E-state index in [0.717, 1.165) is 11.4 Å². The topological polar surface area (TPSA) is 93.2 Å². The van der Waals surface area contributed by atoms with E-state index in [4.69, 9.17) is 5.73 Å². The molecule has 0 aliphatic carbocycles. The molecule has 0 fully saturated rings. The lowest BCUT2D eigenvalue weighted by atomic mass is 9.89. The van der Waals surface area contributed by atoms with E-state index in [2.05, 4.69) is 31.2 Å². The van der Waals surface area contributed by atoms with E-state index in [1.54, 1.807) is 4.68 Å². The molecule has 0 aliphatic rings. The highest BCUT2D eigenvalue weighted by atomic mass is 16.3. The molecule has 0 spiro atoms. The number of rotatable bonds is 5. The molecule has 1 aromatic rings. The average molecular weight is 282 g/mol. The lowest BCUT2D eigenvalue weighted by Crippen LogP contribution is -2.36. The Kier molecular flexibility index (Phi) is 5.16. The summed E-state index contributed by atoms with van der Waals surface area (Å²) >= 11 is 0. The van der Waals surface area contributed by atoms with E-state index in [1.165, 1.54) is 0 Å². The molecule has 0 bridgehead atoms. The predicted octanol–water partition coefficient (Wildman–Crippen LogP) is 0.995. The third kappa shape index (κ3) is 4.85. The Bertz CT molecular complexity index is 474. The van der Waals surface area contributed by atoms with Gasteiger partial charge in [0.05, 0.1) is 23.2 Å². The Morgan fingerprint density at radius 2 is 2.05 bits per heavy atom. The third-order valence-electron chi connectivity index (χ3n) is 3.11. The molecule has 0 aromatic carbocycles. The van der Waals surface area contributed by atoms with Gasteiger partial charge in [0.15, 0.2) is 0 Å². The van der Waals surface area contributed by atoms with Crippen molar-refractivity contribution in [3.8, 4) is 0 Å². The first-order valence-electron chi connectivity index (χ1n) is 6.84. The molecule has 0 saturated heterocycles. The standard InChI is InChI=1S/C14H26N4O2/c1-9-13(15)10(2)18(17-9)8-12(20)16-7-11(19)6-14(3,4)5/h11,19H,6-8,15H2,1-5H3,(H,16,20). The van der Waals surface area contributed by atoms with Crippen LogP contribution in [0.3, 0.4) is 0 Å². The molecule has 4 N–H and O–H groups in total. The summed E-state index contributed by atoms with van der Waals surface area (Å²) in [6.45, 7) is 10.2. The van der Waals surface area contributed by atoms with E-state index < -0.39 is 6.10 Å². The van der Waals surface area contributed by atoms with Gasteiger partial charge in [-0.25, -0.2) is 0 Å². The first-order chi connectivity index (χ1) is 9.10. The van der Waals surface area contributed by atoms with Crippen molar-refractivity contribution in [1.82, 2.24) is 15.1 Å². The second-order valence-corrected chi connectivity index (χ2v) is 6.46. The van der Waals surface area contributed by atoms with Crippen LogP contribution in [0.2, 0.25) is 0 Å². The number of amides is 1. The highest BCUT2D eigenvalue weighted by Crippen LogP contribution is 2.20. The molecular weight excluding hydrogens is 256 g/mol. The molecule has 114 valence electrons. The number of aliphatic hydroxyl groups excluding tert-OH is 1. The third-order valence-corrected chi connectivity index (χ3v) is 3.11. The Balaban J connectivity index is 2.46. The van der Waals surface area contributed by atoms with Crippen LogP contribution in [0.1, 0.15) is 38.6 Å². The number of hydrogen-bond donors (Lipinski definition) is 3. The van der Waals surface area contributed by atoms with E-state index >= 15 is 0 Å². The minimum Gasteiger partial charge on any atom is -0.396 e. The lowest BCUT2D eigenvalue weighted by Gasteiger charge is -2.22. The van der Waals surface area contributed by atoms with Crippen molar-refractivity contribution in [3.63, 3.8) is 0 Å². The summed E-state index contributed by atoms with van der Waals surface area (Å²) in [5, 5.41) is 16.8. The molecule has 1 rings (SSSR count). The zero-order valence-electron chi connectivity index (χ0n) is 13.0. The zero-order chi connectivity index (χ0) is 15.5. The molecule has 1 heterocycles. The number of aryl methyl sites for hydroxylation is 1. The van der Waals surface area contributed by atoms with Gasteiger partial charge < -0.3 is 16.2 Å². The number of hydrogen-bond acceptors (Lipinski definition) is 4. The molecule has 1 unspecified atom stereocenters. The van der Waals surface area contributed by atoms with Crippen molar-refractivity contribution in [2.45, 2.75) is 53.7 Å². The first kappa shape index (κ1) is 16.5. The highest BCUT2D eigenvalue weighted by molar-refractivity contribution is 5.75. The van der Waals surface area contributed by atoms with Gasteiger partial charge in [0, 0.05) is 6.54 Å². The fraction of sp³-hybridized carbons (Fsp3) is 0.714. The molecule has 6 nitrogen and oxygen atoms in total. The van der Waals surface area contributed by atoms with Gasteiger partial charge >= 0.3 is 0 Å². The van der Waals surface area contributed by atoms with Gasteiger partial charge in [0.25, 0.3) is 0 Å². The summed E-state index contributed by atoms with van der Waals surface area (Å²) in [6.07, 6.45) is 0.101. The summed E-state index contributed by atoms with van der Waals surface area (Å²) in [7, 11) is 0. The number of carbonyl (C=O) groups excluding carboxylic acids is 1. The van der Waals surface area contributed by atoms with Crippen LogP contribution >= 0.6 is 0 Å². The van der Waals surface area contributed by atoms with Crippen LogP contribution in [0, 0.1) is 19.3 Å². The van der Waals surface area contributed by atoms with E-state index in [9.17, 15) is 9.90 Å². The SMILES string of the molecule is Cc1nn(CC(=O)NCC(O)CC(C)(C)C)c(C)c1N. The number of nitrogens with zero attached hydrogens (tertiary/aromatic N) is 2. The summed E-state index contributed by atoms with van der Waals surface area (Å²) in [4.78, 5) is 11.8. The molecule has 0 aliphatic heterocycles. The van der Waals surface area contributed by atoms with Crippen molar-refractivity contribution in [2.24, 2.45) is 5.41 Å². The minimum absolute atomic E-state index is 0.0360. The van der Waals surface area contributed by atoms with Gasteiger partial charge in [-0.2, -0.15) is 5.10 Å².